The lowest BCUT2D eigenvalue weighted by molar-refractivity contribution is -0.145. The Morgan fingerprint density at radius 1 is 1.02 bits per heavy atom. The second-order valence-corrected chi connectivity index (χ2v) is 15.7. The first-order valence-corrected chi connectivity index (χ1v) is 18.8. The highest BCUT2D eigenvalue weighted by molar-refractivity contribution is 6.38. The summed E-state index contributed by atoms with van der Waals surface area (Å²) < 4.78 is 0. The lowest BCUT2D eigenvalue weighted by Crippen LogP contribution is -2.59. The number of nitrogens with zero attached hydrogens (tertiary/aromatic N) is 1. The Morgan fingerprint density at radius 3 is 2.34 bits per heavy atom. The summed E-state index contributed by atoms with van der Waals surface area (Å²) in [7, 11) is 0. The fourth-order valence-electron chi connectivity index (χ4n) is 7.24. The molecule has 4 N–H and O–H groups in total. The molecule has 2 fully saturated rings. The third kappa shape index (κ3) is 9.87. The Kier molecular flexibility index (Phi) is 13.5. The smallest absolute Gasteiger partial charge is 0.289 e. The molecule has 50 heavy (non-hydrogen) atoms. The van der Waals surface area contributed by atoms with E-state index in [1.807, 2.05) is 59.8 Å². The molecule has 0 bridgehead atoms. The van der Waals surface area contributed by atoms with Crippen LogP contribution in [-0.4, -0.2) is 70.6 Å². The molecule has 276 valence electrons. The quantitative estimate of drug-likeness (QED) is 0.194. The summed E-state index contributed by atoms with van der Waals surface area (Å²) in [6.07, 6.45) is 9.82. The molecule has 1 spiro atoms. The standard InChI is InChI=1S/C38H56ClN5O6/c1-7-14-28(32(46)35(48)40-27(8-2)9-3)41-34(47)30-22-38(21-29(43-50-38)25-17-13-18-26(39)20-25)23-44(30)36(49)33(37(4,5)6)42-31(45)19-24-15-11-10-12-16-24/h13,17-18,20-21,24,27-28,30,33,43H,7-12,14-16,19,22-23H2,1-6H3,(H,40,48)(H,41,47)(H,42,45)/t28-,30-,33+,38+/m0/s1. The van der Waals surface area contributed by atoms with E-state index in [0.717, 1.165) is 31.2 Å². The summed E-state index contributed by atoms with van der Waals surface area (Å²) in [5.41, 5.74) is 2.63. The largest absolute Gasteiger partial charge is 0.347 e. The zero-order valence-electron chi connectivity index (χ0n) is 30.5. The van der Waals surface area contributed by atoms with E-state index in [9.17, 15) is 24.0 Å². The van der Waals surface area contributed by atoms with Crippen molar-refractivity contribution < 1.29 is 28.8 Å². The maximum Gasteiger partial charge on any atom is 0.289 e. The van der Waals surface area contributed by atoms with Gasteiger partial charge in [0.1, 0.15) is 17.7 Å². The van der Waals surface area contributed by atoms with Gasteiger partial charge in [0, 0.05) is 29.5 Å². The van der Waals surface area contributed by atoms with E-state index in [4.69, 9.17) is 16.4 Å². The van der Waals surface area contributed by atoms with Gasteiger partial charge in [-0.05, 0) is 61.6 Å². The van der Waals surface area contributed by atoms with Gasteiger partial charge >= 0.3 is 0 Å². The number of carbonyl (C=O) groups is 5. The molecule has 2 heterocycles. The van der Waals surface area contributed by atoms with E-state index in [1.54, 1.807) is 12.1 Å². The van der Waals surface area contributed by atoms with Crippen molar-refractivity contribution in [1.29, 1.82) is 0 Å². The molecule has 1 aromatic rings. The Bertz CT molecular complexity index is 1430. The van der Waals surface area contributed by atoms with Gasteiger partial charge in [0.15, 0.2) is 0 Å². The van der Waals surface area contributed by atoms with Crippen LogP contribution in [0.4, 0.5) is 0 Å². The van der Waals surface area contributed by atoms with E-state index in [0.29, 0.717) is 36.4 Å². The van der Waals surface area contributed by atoms with Gasteiger partial charge in [-0.25, -0.2) is 0 Å². The van der Waals surface area contributed by atoms with Crippen molar-refractivity contribution in [2.45, 2.75) is 142 Å². The minimum absolute atomic E-state index is 0.0214. The summed E-state index contributed by atoms with van der Waals surface area (Å²) in [5.74, 6) is -2.33. The summed E-state index contributed by atoms with van der Waals surface area (Å²) >= 11 is 6.26. The lowest BCUT2D eigenvalue weighted by Gasteiger charge is -2.36. The first-order chi connectivity index (χ1) is 23.7. The minimum atomic E-state index is -1.08. The number of rotatable bonds is 14. The molecule has 1 saturated carbocycles. The Balaban J connectivity index is 1.62. The van der Waals surface area contributed by atoms with Crippen LogP contribution < -0.4 is 21.4 Å². The fourth-order valence-corrected chi connectivity index (χ4v) is 7.43. The molecule has 0 unspecified atom stereocenters. The molecule has 2 aliphatic heterocycles. The average molecular weight is 714 g/mol. The number of benzene rings is 1. The Labute approximate surface area is 302 Å². The first-order valence-electron chi connectivity index (χ1n) is 18.4. The van der Waals surface area contributed by atoms with Crippen LogP contribution in [0.25, 0.3) is 5.70 Å². The molecule has 1 aromatic carbocycles. The third-order valence-electron chi connectivity index (χ3n) is 10.2. The molecule has 3 aliphatic rings. The molecule has 12 heteroatoms. The molecular formula is C38H56ClN5O6. The zero-order valence-corrected chi connectivity index (χ0v) is 31.3. The summed E-state index contributed by atoms with van der Waals surface area (Å²) in [4.78, 5) is 76.1. The Hall–Kier alpha value is -3.44. The van der Waals surface area contributed by atoms with Crippen molar-refractivity contribution in [2.24, 2.45) is 11.3 Å². The van der Waals surface area contributed by atoms with Crippen molar-refractivity contribution in [3.63, 3.8) is 0 Å². The van der Waals surface area contributed by atoms with Gasteiger partial charge in [-0.1, -0.05) is 91.0 Å². The maximum atomic E-state index is 14.6. The predicted molar refractivity (Wildman–Crippen MR) is 193 cm³/mol. The number of nitrogens with one attached hydrogen (secondary N) is 4. The molecule has 1 aliphatic carbocycles. The Morgan fingerprint density at radius 2 is 1.72 bits per heavy atom. The van der Waals surface area contributed by atoms with Crippen LogP contribution in [0.3, 0.4) is 0 Å². The van der Waals surface area contributed by atoms with Gasteiger partial charge in [0.05, 0.1) is 18.3 Å². The average Bonchev–Trinajstić information content (AvgIpc) is 3.68. The number of hydrogen-bond acceptors (Lipinski definition) is 7. The van der Waals surface area contributed by atoms with Gasteiger partial charge in [-0.2, -0.15) is 0 Å². The molecule has 11 nitrogen and oxygen atoms in total. The molecule has 1 saturated heterocycles. The second kappa shape index (κ2) is 17.2. The van der Waals surface area contributed by atoms with Gasteiger partial charge in [-0.3, -0.25) is 34.3 Å². The number of amides is 4. The van der Waals surface area contributed by atoms with Crippen LogP contribution in [0.1, 0.15) is 118 Å². The lowest BCUT2D eigenvalue weighted by atomic mass is 9.84. The van der Waals surface area contributed by atoms with Crippen molar-refractivity contribution in [3.8, 4) is 0 Å². The summed E-state index contributed by atoms with van der Waals surface area (Å²) in [6, 6.07) is 4.06. The van der Waals surface area contributed by atoms with E-state index < -0.39 is 52.6 Å². The van der Waals surface area contributed by atoms with E-state index in [-0.39, 0.29) is 37.3 Å². The molecular weight excluding hydrogens is 658 g/mol. The van der Waals surface area contributed by atoms with E-state index in [1.165, 1.54) is 11.3 Å². The summed E-state index contributed by atoms with van der Waals surface area (Å²) in [5, 5.41) is 9.17. The van der Waals surface area contributed by atoms with Crippen molar-refractivity contribution in [3.05, 3.63) is 40.9 Å². The van der Waals surface area contributed by atoms with Gasteiger partial charge in [-0.15, -0.1) is 0 Å². The third-order valence-corrected chi connectivity index (χ3v) is 10.5. The zero-order chi connectivity index (χ0) is 36.6. The number of halogens is 1. The van der Waals surface area contributed by atoms with Crippen LogP contribution in [0.2, 0.25) is 5.02 Å². The SMILES string of the molecule is CCC[C@H](NC(=O)[C@@H]1C[C@]2(C=C(c3cccc(Cl)c3)NO2)CN1C(=O)[C@@H](NC(=O)CC1CCCCC1)C(C)(C)C)C(=O)C(=O)NC(CC)CC. The number of ketones is 1. The van der Waals surface area contributed by atoms with E-state index >= 15 is 0 Å². The van der Waals surface area contributed by atoms with Crippen LogP contribution in [-0.2, 0) is 28.8 Å². The first kappa shape index (κ1) is 39.3. The highest BCUT2D eigenvalue weighted by Gasteiger charge is 2.54. The van der Waals surface area contributed by atoms with Crippen molar-refractivity contribution in [2.75, 3.05) is 6.54 Å². The molecule has 0 radical (unpaired) electrons. The van der Waals surface area contributed by atoms with Gasteiger partial charge in [0.25, 0.3) is 5.91 Å². The highest BCUT2D eigenvalue weighted by atomic mass is 35.5. The van der Waals surface area contributed by atoms with Crippen LogP contribution in [0.15, 0.2) is 30.3 Å². The fraction of sp³-hybridized carbons (Fsp3) is 0.658. The molecule has 4 atom stereocenters. The minimum Gasteiger partial charge on any atom is -0.347 e. The van der Waals surface area contributed by atoms with Gasteiger partial charge in [0.2, 0.25) is 23.5 Å². The van der Waals surface area contributed by atoms with Crippen molar-refractivity contribution >= 4 is 46.7 Å². The molecule has 4 amide bonds. The number of Topliss-reactive ketones (excluding diaryl/α,β-unsaturated/α-hetero) is 1. The number of likely N-dealkylation sites (tertiary alicyclic amines) is 1. The number of hydroxylamine groups is 1. The number of hydrogen-bond donors (Lipinski definition) is 4. The maximum absolute atomic E-state index is 14.6. The van der Waals surface area contributed by atoms with Crippen LogP contribution in [0.5, 0.6) is 0 Å². The van der Waals surface area contributed by atoms with Crippen molar-refractivity contribution in [1.82, 2.24) is 26.3 Å². The summed E-state index contributed by atoms with van der Waals surface area (Å²) in [6.45, 7) is 11.4. The monoisotopic (exact) mass is 713 g/mol. The normalized spacial score (nSPS) is 22.1. The molecule has 4 rings (SSSR count). The van der Waals surface area contributed by atoms with Gasteiger partial charge < -0.3 is 20.9 Å². The second-order valence-electron chi connectivity index (χ2n) is 15.3. The highest BCUT2D eigenvalue weighted by Crippen LogP contribution is 2.39. The topological polar surface area (TPSA) is 146 Å². The van der Waals surface area contributed by atoms with Crippen LogP contribution >= 0.6 is 11.6 Å². The number of carbonyl (C=O) groups excluding carboxylic acids is 5. The predicted octanol–water partition coefficient (Wildman–Crippen LogP) is 5.22. The van der Waals surface area contributed by atoms with Crippen LogP contribution in [0, 0.1) is 11.3 Å². The van der Waals surface area contributed by atoms with E-state index in [2.05, 4.69) is 21.4 Å². The molecule has 0 aromatic heterocycles.